The highest BCUT2D eigenvalue weighted by Gasteiger charge is 2.05. The Morgan fingerprint density at radius 1 is 1.55 bits per heavy atom. The summed E-state index contributed by atoms with van der Waals surface area (Å²) < 4.78 is 0. The van der Waals surface area contributed by atoms with Gasteiger partial charge < -0.3 is 10.6 Å². The Kier molecular flexibility index (Phi) is 5.42. The summed E-state index contributed by atoms with van der Waals surface area (Å²) in [4.78, 5) is 2.96. The summed E-state index contributed by atoms with van der Waals surface area (Å²) in [6, 6.07) is 0.592. The van der Waals surface area contributed by atoms with Gasteiger partial charge in [-0.05, 0) is 20.4 Å². The average Bonchev–Trinajstić information content (AvgIpc) is 1.87. The molecule has 0 saturated carbocycles. The van der Waals surface area contributed by atoms with Crippen molar-refractivity contribution in [3.63, 3.8) is 0 Å². The van der Waals surface area contributed by atoms with E-state index in [0.717, 1.165) is 19.5 Å². The topological polar surface area (TPSA) is 29.3 Å². The van der Waals surface area contributed by atoms with Crippen LogP contribution in [0.3, 0.4) is 0 Å². The molecule has 0 aromatic heterocycles. The van der Waals surface area contributed by atoms with Crippen molar-refractivity contribution < 1.29 is 0 Å². The molecule has 0 amide bonds. The molecule has 0 fully saturated rings. The van der Waals surface area contributed by atoms with Crippen LogP contribution < -0.4 is 5.73 Å². The molecule has 0 aromatic carbocycles. The first-order chi connectivity index (χ1) is 5.07. The van der Waals surface area contributed by atoms with Gasteiger partial charge in [0.1, 0.15) is 0 Å². The van der Waals surface area contributed by atoms with Gasteiger partial charge in [0.05, 0.1) is 4.99 Å². The van der Waals surface area contributed by atoms with Crippen LogP contribution in [0, 0.1) is 0 Å². The van der Waals surface area contributed by atoms with Crippen LogP contribution in [0.25, 0.3) is 0 Å². The molecular formula is C8H18N2S. The van der Waals surface area contributed by atoms with Crippen LogP contribution >= 0.6 is 12.2 Å². The van der Waals surface area contributed by atoms with Crippen LogP contribution in [0.15, 0.2) is 0 Å². The van der Waals surface area contributed by atoms with E-state index in [1.807, 2.05) is 0 Å². The van der Waals surface area contributed by atoms with Gasteiger partial charge in [0, 0.05) is 19.0 Å². The molecule has 0 rings (SSSR count). The predicted octanol–water partition coefficient (Wildman–Crippen LogP) is 1.39. The van der Waals surface area contributed by atoms with E-state index >= 15 is 0 Å². The summed E-state index contributed by atoms with van der Waals surface area (Å²) in [5.74, 6) is 0. The van der Waals surface area contributed by atoms with Crippen molar-refractivity contribution in [3.8, 4) is 0 Å². The largest absolute Gasteiger partial charge is 0.393 e. The van der Waals surface area contributed by atoms with Crippen LogP contribution in [0.2, 0.25) is 0 Å². The lowest BCUT2D eigenvalue weighted by Gasteiger charge is -2.24. The number of nitrogens with zero attached hydrogens (tertiary/aromatic N) is 1. The van der Waals surface area contributed by atoms with Gasteiger partial charge in [-0.15, -0.1) is 0 Å². The van der Waals surface area contributed by atoms with Crippen LogP contribution in [0.4, 0.5) is 0 Å². The summed E-state index contributed by atoms with van der Waals surface area (Å²) in [5.41, 5.74) is 5.40. The molecule has 0 atom stereocenters. The van der Waals surface area contributed by atoms with E-state index in [9.17, 15) is 0 Å². The second-order valence-corrected chi connectivity index (χ2v) is 3.46. The Balaban J connectivity index is 3.61. The molecule has 66 valence electrons. The first-order valence-electron chi connectivity index (χ1n) is 4.10. The van der Waals surface area contributed by atoms with Gasteiger partial charge in [0.15, 0.2) is 0 Å². The third kappa shape index (κ3) is 5.16. The molecule has 0 aliphatic rings. The summed E-state index contributed by atoms with van der Waals surface area (Å²) in [6.45, 7) is 8.58. The molecule has 11 heavy (non-hydrogen) atoms. The molecule has 0 heterocycles. The molecule has 0 unspecified atom stereocenters. The minimum absolute atomic E-state index is 0.592. The molecular weight excluding hydrogens is 156 g/mol. The number of rotatable bonds is 5. The lowest BCUT2D eigenvalue weighted by molar-refractivity contribution is 0.241. The minimum Gasteiger partial charge on any atom is -0.393 e. The SMILES string of the molecule is CCN(CCC(N)=S)C(C)C. The highest BCUT2D eigenvalue weighted by Crippen LogP contribution is 1.98. The molecule has 2 nitrogen and oxygen atoms in total. The Labute approximate surface area is 74.8 Å². The fourth-order valence-corrected chi connectivity index (χ4v) is 1.13. The van der Waals surface area contributed by atoms with E-state index in [-0.39, 0.29) is 0 Å². The van der Waals surface area contributed by atoms with Crippen molar-refractivity contribution in [2.75, 3.05) is 13.1 Å². The zero-order chi connectivity index (χ0) is 8.85. The summed E-state index contributed by atoms with van der Waals surface area (Å²) in [6.07, 6.45) is 0.835. The van der Waals surface area contributed by atoms with E-state index < -0.39 is 0 Å². The van der Waals surface area contributed by atoms with Gasteiger partial charge in [-0.25, -0.2) is 0 Å². The van der Waals surface area contributed by atoms with E-state index in [1.165, 1.54) is 0 Å². The maximum atomic E-state index is 5.40. The molecule has 0 aliphatic carbocycles. The van der Waals surface area contributed by atoms with Crippen LogP contribution in [-0.4, -0.2) is 29.0 Å². The highest BCUT2D eigenvalue weighted by atomic mass is 32.1. The monoisotopic (exact) mass is 174 g/mol. The average molecular weight is 174 g/mol. The Bertz CT molecular complexity index is 123. The molecule has 0 saturated heterocycles. The minimum atomic E-state index is 0.592. The number of nitrogens with two attached hydrogens (primary N) is 1. The third-order valence-corrected chi connectivity index (χ3v) is 1.99. The van der Waals surface area contributed by atoms with Gasteiger partial charge in [-0.1, -0.05) is 19.1 Å². The van der Waals surface area contributed by atoms with Crippen molar-refractivity contribution in [1.29, 1.82) is 0 Å². The Morgan fingerprint density at radius 2 is 2.09 bits per heavy atom. The normalized spacial score (nSPS) is 11.0. The second kappa shape index (κ2) is 5.49. The molecule has 2 N–H and O–H groups in total. The lowest BCUT2D eigenvalue weighted by atomic mass is 10.3. The number of hydrogen-bond donors (Lipinski definition) is 1. The summed E-state index contributed by atoms with van der Waals surface area (Å²) in [5, 5.41) is 0. The van der Waals surface area contributed by atoms with Gasteiger partial charge in [0.25, 0.3) is 0 Å². The second-order valence-electron chi connectivity index (χ2n) is 2.94. The Morgan fingerprint density at radius 3 is 2.36 bits per heavy atom. The fraction of sp³-hybridized carbons (Fsp3) is 0.875. The predicted molar refractivity (Wildman–Crippen MR) is 53.8 cm³/mol. The summed E-state index contributed by atoms with van der Waals surface area (Å²) >= 11 is 4.80. The number of hydrogen-bond acceptors (Lipinski definition) is 2. The smallest absolute Gasteiger partial charge is 0.0740 e. The number of thiocarbonyl (C=S) groups is 1. The maximum absolute atomic E-state index is 5.40. The van der Waals surface area contributed by atoms with Crippen molar-refractivity contribution in [2.24, 2.45) is 5.73 Å². The van der Waals surface area contributed by atoms with Crippen molar-refractivity contribution in [2.45, 2.75) is 33.2 Å². The highest BCUT2D eigenvalue weighted by molar-refractivity contribution is 7.80. The maximum Gasteiger partial charge on any atom is 0.0740 e. The Hall–Kier alpha value is -0.150. The van der Waals surface area contributed by atoms with Gasteiger partial charge >= 0.3 is 0 Å². The van der Waals surface area contributed by atoms with Crippen LogP contribution in [0.1, 0.15) is 27.2 Å². The van der Waals surface area contributed by atoms with Crippen molar-refractivity contribution in [3.05, 3.63) is 0 Å². The van der Waals surface area contributed by atoms with Crippen molar-refractivity contribution in [1.82, 2.24) is 4.90 Å². The van der Waals surface area contributed by atoms with Gasteiger partial charge in [-0.2, -0.15) is 0 Å². The molecule has 0 aliphatic heterocycles. The lowest BCUT2D eigenvalue weighted by Crippen LogP contribution is -2.33. The van der Waals surface area contributed by atoms with E-state index in [4.69, 9.17) is 18.0 Å². The third-order valence-electron chi connectivity index (χ3n) is 1.78. The van der Waals surface area contributed by atoms with Crippen LogP contribution in [0.5, 0.6) is 0 Å². The van der Waals surface area contributed by atoms with Crippen LogP contribution in [-0.2, 0) is 0 Å². The molecule has 0 bridgehead atoms. The van der Waals surface area contributed by atoms with Crippen molar-refractivity contribution >= 4 is 17.2 Å². The van der Waals surface area contributed by atoms with E-state index in [2.05, 4.69) is 25.7 Å². The molecule has 3 heteroatoms. The standard InChI is InChI=1S/C8H18N2S/c1-4-10(7(2)3)6-5-8(9)11/h7H,4-6H2,1-3H3,(H2,9,11). The zero-order valence-corrected chi connectivity index (χ0v) is 8.45. The van der Waals surface area contributed by atoms with Gasteiger partial charge in [-0.3, -0.25) is 0 Å². The molecule has 0 spiro atoms. The van der Waals surface area contributed by atoms with E-state index in [1.54, 1.807) is 0 Å². The van der Waals surface area contributed by atoms with E-state index in [0.29, 0.717) is 11.0 Å². The summed E-state index contributed by atoms with van der Waals surface area (Å²) in [7, 11) is 0. The quantitative estimate of drug-likeness (QED) is 0.639. The molecule has 0 radical (unpaired) electrons. The fourth-order valence-electron chi connectivity index (χ4n) is 1.04. The zero-order valence-electron chi connectivity index (χ0n) is 7.63. The first-order valence-corrected chi connectivity index (χ1v) is 4.51. The molecule has 0 aromatic rings. The van der Waals surface area contributed by atoms with Gasteiger partial charge in [0.2, 0.25) is 0 Å². The first kappa shape index (κ1) is 10.8.